The summed E-state index contributed by atoms with van der Waals surface area (Å²) in [6, 6.07) is 0. The van der Waals surface area contributed by atoms with Gasteiger partial charge in [-0.3, -0.25) is 5.10 Å². The molecule has 0 aromatic carbocycles. The van der Waals surface area contributed by atoms with E-state index in [4.69, 9.17) is 0 Å². The van der Waals surface area contributed by atoms with E-state index in [1.54, 1.807) is 6.92 Å². The van der Waals surface area contributed by atoms with Gasteiger partial charge in [0.1, 0.15) is 5.82 Å². The predicted octanol–water partition coefficient (Wildman–Crippen LogP) is 2.95. The van der Waals surface area contributed by atoms with Crippen LogP contribution in [0.25, 0.3) is 0 Å². The Bertz CT molecular complexity index is 350. The second-order valence-electron chi connectivity index (χ2n) is 4.37. The van der Waals surface area contributed by atoms with Gasteiger partial charge in [0.05, 0.1) is 5.92 Å². The van der Waals surface area contributed by atoms with E-state index >= 15 is 0 Å². The van der Waals surface area contributed by atoms with Crippen LogP contribution < -0.4 is 0 Å². The number of halogens is 3. The van der Waals surface area contributed by atoms with Crippen LogP contribution in [-0.4, -0.2) is 21.4 Å². The number of alkyl halides is 3. The first-order valence-corrected chi connectivity index (χ1v) is 5.42. The van der Waals surface area contributed by atoms with Crippen molar-refractivity contribution in [1.82, 2.24) is 15.2 Å². The van der Waals surface area contributed by atoms with E-state index in [9.17, 15) is 13.2 Å². The normalized spacial score (nSPS) is 27.0. The zero-order valence-electron chi connectivity index (χ0n) is 9.01. The molecule has 1 saturated carbocycles. The highest BCUT2D eigenvalue weighted by Crippen LogP contribution is 2.41. The van der Waals surface area contributed by atoms with Gasteiger partial charge in [-0.05, 0) is 32.6 Å². The molecule has 6 heteroatoms. The fraction of sp³-hybridized carbons (Fsp3) is 0.800. The van der Waals surface area contributed by atoms with E-state index in [-0.39, 0.29) is 18.8 Å². The minimum absolute atomic E-state index is 0.0866. The van der Waals surface area contributed by atoms with Crippen molar-refractivity contribution in [1.29, 1.82) is 0 Å². The topological polar surface area (TPSA) is 41.6 Å². The molecule has 0 spiro atoms. The fourth-order valence-electron chi connectivity index (χ4n) is 2.22. The zero-order chi connectivity index (χ0) is 11.8. The van der Waals surface area contributed by atoms with Crippen molar-refractivity contribution in [2.45, 2.75) is 44.7 Å². The Labute approximate surface area is 91.5 Å². The van der Waals surface area contributed by atoms with Gasteiger partial charge in [0.15, 0.2) is 5.82 Å². The van der Waals surface area contributed by atoms with Crippen LogP contribution in [0.15, 0.2) is 0 Å². The zero-order valence-corrected chi connectivity index (χ0v) is 9.01. The van der Waals surface area contributed by atoms with Crippen molar-refractivity contribution < 1.29 is 13.2 Å². The van der Waals surface area contributed by atoms with Gasteiger partial charge in [-0.2, -0.15) is 18.3 Å². The van der Waals surface area contributed by atoms with E-state index in [0.29, 0.717) is 24.5 Å². The van der Waals surface area contributed by atoms with E-state index < -0.39 is 12.1 Å². The monoisotopic (exact) mass is 233 g/mol. The molecule has 0 aliphatic heterocycles. The third-order valence-corrected chi connectivity index (χ3v) is 3.17. The quantitative estimate of drug-likeness (QED) is 0.810. The maximum atomic E-state index is 12.4. The molecule has 1 aromatic heterocycles. The summed E-state index contributed by atoms with van der Waals surface area (Å²) in [5.41, 5.74) is 0. The highest BCUT2D eigenvalue weighted by Gasteiger charge is 2.42. The molecule has 1 aliphatic carbocycles. The van der Waals surface area contributed by atoms with Crippen LogP contribution in [0, 0.1) is 12.8 Å². The lowest BCUT2D eigenvalue weighted by Crippen LogP contribution is -2.27. The molecule has 0 amide bonds. The number of aryl methyl sites for hydroxylation is 1. The summed E-state index contributed by atoms with van der Waals surface area (Å²) in [5.74, 6) is 0.332. The minimum Gasteiger partial charge on any atom is -0.263 e. The van der Waals surface area contributed by atoms with Gasteiger partial charge in [-0.25, -0.2) is 4.98 Å². The number of H-pyrrole nitrogens is 1. The third kappa shape index (κ3) is 2.36. The maximum absolute atomic E-state index is 12.4. The standard InChI is InChI=1S/C10H14F3N3/c1-6-14-9(16-15-6)7-2-4-8(5-3-7)10(11,12)13/h7-8H,2-5H2,1H3,(H,14,15,16). The summed E-state index contributed by atoms with van der Waals surface area (Å²) < 4.78 is 37.3. The van der Waals surface area contributed by atoms with Gasteiger partial charge in [0.25, 0.3) is 0 Å². The first-order chi connectivity index (χ1) is 7.47. The Morgan fingerprint density at radius 2 is 1.81 bits per heavy atom. The smallest absolute Gasteiger partial charge is 0.263 e. The summed E-state index contributed by atoms with van der Waals surface area (Å²) in [7, 11) is 0. The van der Waals surface area contributed by atoms with E-state index in [1.165, 1.54) is 0 Å². The second kappa shape index (κ2) is 4.07. The average Bonchev–Trinajstić information content (AvgIpc) is 2.64. The lowest BCUT2D eigenvalue weighted by molar-refractivity contribution is -0.182. The number of rotatable bonds is 1. The van der Waals surface area contributed by atoms with Crippen molar-refractivity contribution in [3.8, 4) is 0 Å². The van der Waals surface area contributed by atoms with Crippen molar-refractivity contribution in [3.05, 3.63) is 11.6 Å². The van der Waals surface area contributed by atoms with Crippen LogP contribution in [0.3, 0.4) is 0 Å². The molecular weight excluding hydrogens is 219 g/mol. The molecule has 0 unspecified atom stereocenters. The Morgan fingerprint density at radius 1 is 1.19 bits per heavy atom. The van der Waals surface area contributed by atoms with Crippen molar-refractivity contribution in [2.24, 2.45) is 5.92 Å². The van der Waals surface area contributed by atoms with Gasteiger partial charge in [0.2, 0.25) is 0 Å². The summed E-state index contributed by atoms with van der Waals surface area (Å²) in [6.07, 6.45) is -2.59. The van der Waals surface area contributed by atoms with Crippen LogP contribution in [0.2, 0.25) is 0 Å². The van der Waals surface area contributed by atoms with E-state index in [0.717, 1.165) is 0 Å². The largest absolute Gasteiger partial charge is 0.391 e. The summed E-state index contributed by atoms with van der Waals surface area (Å²) >= 11 is 0. The Hall–Kier alpha value is -1.07. The van der Waals surface area contributed by atoms with Crippen molar-refractivity contribution >= 4 is 0 Å². The first kappa shape index (κ1) is 11.4. The number of hydrogen-bond acceptors (Lipinski definition) is 2. The number of hydrogen-bond donors (Lipinski definition) is 1. The molecule has 0 radical (unpaired) electrons. The molecule has 1 fully saturated rings. The molecule has 0 atom stereocenters. The Morgan fingerprint density at radius 3 is 2.25 bits per heavy atom. The van der Waals surface area contributed by atoms with Crippen LogP contribution in [-0.2, 0) is 0 Å². The molecule has 16 heavy (non-hydrogen) atoms. The van der Waals surface area contributed by atoms with Crippen molar-refractivity contribution in [3.63, 3.8) is 0 Å². The van der Waals surface area contributed by atoms with Gasteiger partial charge < -0.3 is 0 Å². The number of aromatic nitrogens is 3. The van der Waals surface area contributed by atoms with Crippen molar-refractivity contribution in [2.75, 3.05) is 0 Å². The highest BCUT2D eigenvalue weighted by molar-refractivity contribution is 4.99. The molecule has 1 heterocycles. The molecule has 0 saturated heterocycles. The number of aromatic amines is 1. The minimum atomic E-state index is -4.04. The lowest BCUT2D eigenvalue weighted by atomic mass is 9.81. The third-order valence-electron chi connectivity index (χ3n) is 3.17. The van der Waals surface area contributed by atoms with E-state index in [1.807, 2.05) is 0 Å². The first-order valence-electron chi connectivity index (χ1n) is 5.42. The molecular formula is C10H14F3N3. The lowest BCUT2D eigenvalue weighted by Gasteiger charge is -2.28. The van der Waals surface area contributed by atoms with Crippen LogP contribution >= 0.6 is 0 Å². The summed E-state index contributed by atoms with van der Waals surface area (Å²) in [5, 5.41) is 6.73. The van der Waals surface area contributed by atoms with Crippen LogP contribution in [0.5, 0.6) is 0 Å². The molecule has 1 aliphatic rings. The molecule has 1 aromatic rings. The fourth-order valence-corrected chi connectivity index (χ4v) is 2.22. The Balaban J connectivity index is 1.95. The maximum Gasteiger partial charge on any atom is 0.391 e. The number of nitrogens with zero attached hydrogens (tertiary/aromatic N) is 2. The van der Waals surface area contributed by atoms with E-state index in [2.05, 4.69) is 15.2 Å². The average molecular weight is 233 g/mol. The van der Waals surface area contributed by atoms with Crippen LogP contribution in [0.1, 0.15) is 43.3 Å². The van der Waals surface area contributed by atoms with Crippen LogP contribution in [0.4, 0.5) is 13.2 Å². The summed E-state index contributed by atoms with van der Waals surface area (Å²) in [4.78, 5) is 4.17. The Kier molecular flexibility index (Phi) is 2.90. The SMILES string of the molecule is Cc1nc(C2CCC(C(F)(F)F)CC2)n[nH]1. The van der Waals surface area contributed by atoms with Gasteiger partial charge in [0, 0.05) is 5.92 Å². The molecule has 90 valence electrons. The molecule has 1 N–H and O–H groups in total. The molecule has 2 rings (SSSR count). The number of nitrogens with one attached hydrogen (secondary N) is 1. The molecule has 3 nitrogen and oxygen atoms in total. The summed E-state index contributed by atoms with van der Waals surface area (Å²) in [6.45, 7) is 1.79. The molecule has 0 bridgehead atoms. The highest BCUT2D eigenvalue weighted by atomic mass is 19.4. The second-order valence-corrected chi connectivity index (χ2v) is 4.37. The predicted molar refractivity (Wildman–Crippen MR) is 51.9 cm³/mol. The van der Waals surface area contributed by atoms with Gasteiger partial charge in [-0.15, -0.1) is 0 Å². The van der Waals surface area contributed by atoms with Gasteiger partial charge >= 0.3 is 6.18 Å². The van der Waals surface area contributed by atoms with Gasteiger partial charge in [-0.1, -0.05) is 0 Å².